The van der Waals surface area contributed by atoms with Gasteiger partial charge in [-0.15, -0.1) is 0 Å². The summed E-state index contributed by atoms with van der Waals surface area (Å²) in [5.41, 5.74) is 10.5. The van der Waals surface area contributed by atoms with E-state index in [9.17, 15) is 0 Å². The predicted octanol–water partition coefficient (Wildman–Crippen LogP) is 2.58. The maximum absolute atomic E-state index is 6.02. The average molecular weight is 229 g/mol. The van der Waals surface area contributed by atoms with Crippen molar-refractivity contribution in [2.24, 2.45) is 0 Å². The summed E-state index contributed by atoms with van der Waals surface area (Å²) in [4.78, 5) is 5.27. The third-order valence-corrected chi connectivity index (χ3v) is 2.99. The summed E-state index contributed by atoms with van der Waals surface area (Å²) in [6.07, 6.45) is 5.01. The van der Waals surface area contributed by atoms with Gasteiger partial charge in [0, 0.05) is 26.0 Å². The molecule has 0 amide bonds. The van der Waals surface area contributed by atoms with Gasteiger partial charge in [-0.25, -0.2) is 0 Å². The summed E-state index contributed by atoms with van der Waals surface area (Å²) in [7, 11) is 2.08. The fourth-order valence-electron chi connectivity index (χ4n) is 1.95. The van der Waals surface area contributed by atoms with E-state index >= 15 is 0 Å². The summed E-state index contributed by atoms with van der Waals surface area (Å²) in [5, 5.41) is 0. The standard InChI is InChI=1S/C14H19N3/c1-11-3-4-14(13(15)9-11)17(2)8-6-12-5-7-16-10-12/h3-5,7,9-10,16H,6,8,15H2,1-2H3. The van der Waals surface area contributed by atoms with Gasteiger partial charge in [-0.2, -0.15) is 0 Å². The molecule has 0 atom stereocenters. The number of likely N-dealkylation sites (N-methyl/N-ethyl adjacent to an activating group) is 1. The Balaban J connectivity index is 2.01. The number of rotatable bonds is 4. The minimum atomic E-state index is 0.849. The Labute approximate surface area is 102 Å². The van der Waals surface area contributed by atoms with Crippen LogP contribution in [0.5, 0.6) is 0 Å². The van der Waals surface area contributed by atoms with Crippen molar-refractivity contribution >= 4 is 11.4 Å². The molecule has 17 heavy (non-hydrogen) atoms. The number of hydrogen-bond donors (Lipinski definition) is 2. The Bertz CT molecular complexity index is 474. The fourth-order valence-corrected chi connectivity index (χ4v) is 1.95. The minimum Gasteiger partial charge on any atom is -0.397 e. The summed E-state index contributed by atoms with van der Waals surface area (Å²) >= 11 is 0. The molecule has 3 N–H and O–H groups in total. The first-order valence-electron chi connectivity index (χ1n) is 5.86. The molecule has 0 saturated heterocycles. The van der Waals surface area contributed by atoms with Crippen molar-refractivity contribution in [1.82, 2.24) is 4.98 Å². The van der Waals surface area contributed by atoms with E-state index in [2.05, 4.69) is 42.1 Å². The second-order valence-electron chi connectivity index (χ2n) is 4.45. The van der Waals surface area contributed by atoms with Crippen LogP contribution in [0.2, 0.25) is 0 Å². The highest BCUT2D eigenvalue weighted by atomic mass is 15.1. The number of aryl methyl sites for hydroxylation is 1. The summed E-state index contributed by atoms with van der Waals surface area (Å²) < 4.78 is 0. The van der Waals surface area contributed by atoms with Gasteiger partial charge in [0.15, 0.2) is 0 Å². The van der Waals surface area contributed by atoms with Crippen molar-refractivity contribution < 1.29 is 0 Å². The molecule has 3 nitrogen and oxygen atoms in total. The molecule has 0 aliphatic heterocycles. The van der Waals surface area contributed by atoms with E-state index < -0.39 is 0 Å². The van der Waals surface area contributed by atoms with E-state index in [1.807, 2.05) is 18.5 Å². The van der Waals surface area contributed by atoms with E-state index in [1.165, 1.54) is 11.1 Å². The van der Waals surface area contributed by atoms with Crippen LogP contribution in [0.15, 0.2) is 36.7 Å². The molecule has 0 bridgehead atoms. The van der Waals surface area contributed by atoms with E-state index in [1.54, 1.807) is 0 Å². The van der Waals surface area contributed by atoms with Gasteiger partial charge in [0.25, 0.3) is 0 Å². The first-order valence-corrected chi connectivity index (χ1v) is 5.86. The fraction of sp³-hybridized carbons (Fsp3) is 0.286. The lowest BCUT2D eigenvalue weighted by atomic mass is 10.1. The topological polar surface area (TPSA) is 45.0 Å². The molecule has 0 saturated carbocycles. The highest BCUT2D eigenvalue weighted by molar-refractivity contribution is 5.68. The molecule has 1 aromatic heterocycles. The van der Waals surface area contributed by atoms with Crippen LogP contribution in [0.4, 0.5) is 11.4 Å². The number of nitrogens with one attached hydrogen (secondary N) is 1. The van der Waals surface area contributed by atoms with E-state index in [-0.39, 0.29) is 0 Å². The van der Waals surface area contributed by atoms with Crippen LogP contribution in [0.1, 0.15) is 11.1 Å². The van der Waals surface area contributed by atoms with Crippen LogP contribution in [0.3, 0.4) is 0 Å². The van der Waals surface area contributed by atoms with E-state index in [0.717, 1.165) is 24.3 Å². The molecular weight excluding hydrogens is 210 g/mol. The summed E-state index contributed by atoms with van der Waals surface area (Å²) in [6.45, 7) is 3.02. The Morgan fingerprint density at radius 1 is 1.29 bits per heavy atom. The normalized spacial score (nSPS) is 10.5. The van der Waals surface area contributed by atoms with Crippen LogP contribution >= 0.6 is 0 Å². The third kappa shape index (κ3) is 2.81. The third-order valence-electron chi connectivity index (χ3n) is 2.99. The monoisotopic (exact) mass is 229 g/mol. The number of nitrogens with zero attached hydrogens (tertiary/aromatic N) is 1. The largest absolute Gasteiger partial charge is 0.397 e. The quantitative estimate of drug-likeness (QED) is 0.791. The lowest BCUT2D eigenvalue weighted by Crippen LogP contribution is -2.21. The molecule has 2 rings (SSSR count). The summed E-state index contributed by atoms with van der Waals surface area (Å²) in [6, 6.07) is 8.30. The van der Waals surface area contributed by atoms with Gasteiger partial charge in [-0.1, -0.05) is 6.07 Å². The molecule has 1 aromatic carbocycles. The van der Waals surface area contributed by atoms with Gasteiger partial charge in [-0.3, -0.25) is 0 Å². The number of H-pyrrole nitrogens is 1. The Morgan fingerprint density at radius 3 is 2.76 bits per heavy atom. The second-order valence-corrected chi connectivity index (χ2v) is 4.45. The number of aromatic nitrogens is 1. The second kappa shape index (κ2) is 4.95. The highest BCUT2D eigenvalue weighted by Crippen LogP contribution is 2.23. The maximum atomic E-state index is 6.02. The molecular formula is C14H19N3. The van der Waals surface area contributed by atoms with Crippen molar-refractivity contribution in [3.05, 3.63) is 47.8 Å². The van der Waals surface area contributed by atoms with Crippen molar-refractivity contribution in [3.8, 4) is 0 Å². The smallest absolute Gasteiger partial charge is 0.0597 e. The number of anilines is 2. The first kappa shape index (κ1) is 11.6. The molecule has 1 heterocycles. The molecule has 0 aliphatic rings. The van der Waals surface area contributed by atoms with Gasteiger partial charge in [0.1, 0.15) is 0 Å². The lowest BCUT2D eigenvalue weighted by Gasteiger charge is -2.21. The number of aromatic amines is 1. The van der Waals surface area contributed by atoms with E-state index in [4.69, 9.17) is 5.73 Å². The predicted molar refractivity (Wildman–Crippen MR) is 73.4 cm³/mol. The zero-order valence-electron chi connectivity index (χ0n) is 10.4. The SMILES string of the molecule is Cc1ccc(N(C)CCc2cc[nH]c2)c(N)c1. The minimum absolute atomic E-state index is 0.849. The van der Waals surface area contributed by atoms with Gasteiger partial charge in [-0.05, 0) is 42.7 Å². The molecule has 0 radical (unpaired) electrons. The van der Waals surface area contributed by atoms with Crippen LogP contribution in [0, 0.1) is 6.92 Å². The van der Waals surface area contributed by atoms with Gasteiger partial charge >= 0.3 is 0 Å². The van der Waals surface area contributed by atoms with Gasteiger partial charge < -0.3 is 15.6 Å². The maximum Gasteiger partial charge on any atom is 0.0597 e. The Kier molecular flexibility index (Phi) is 3.38. The molecule has 90 valence electrons. The average Bonchev–Trinajstić information content (AvgIpc) is 2.78. The Hall–Kier alpha value is -1.90. The first-order chi connectivity index (χ1) is 8.16. The highest BCUT2D eigenvalue weighted by Gasteiger charge is 2.05. The Morgan fingerprint density at radius 2 is 2.12 bits per heavy atom. The van der Waals surface area contributed by atoms with Crippen LogP contribution in [-0.2, 0) is 6.42 Å². The molecule has 0 fully saturated rings. The van der Waals surface area contributed by atoms with E-state index in [0.29, 0.717) is 0 Å². The van der Waals surface area contributed by atoms with Crippen LogP contribution < -0.4 is 10.6 Å². The van der Waals surface area contributed by atoms with Crippen molar-refractivity contribution in [1.29, 1.82) is 0 Å². The summed E-state index contributed by atoms with van der Waals surface area (Å²) in [5.74, 6) is 0. The van der Waals surface area contributed by atoms with Gasteiger partial charge in [0.2, 0.25) is 0 Å². The van der Waals surface area contributed by atoms with Crippen LogP contribution in [0.25, 0.3) is 0 Å². The molecule has 2 aromatic rings. The van der Waals surface area contributed by atoms with Crippen molar-refractivity contribution in [2.45, 2.75) is 13.3 Å². The zero-order chi connectivity index (χ0) is 12.3. The zero-order valence-corrected chi connectivity index (χ0v) is 10.4. The number of benzene rings is 1. The number of nitrogens with two attached hydrogens (primary N) is 1. The van der Waals surface area contributed by atoms with Gasteiger partial charge in [0.05, 0.1) is 11.4 Å². The molecule has 0 spiro atoms. The molecule has 0 unspecified atom stereocenters. The molecule has 0 aliphatic carbocycles. The number of hydrogen-bond acceptors (Lipinski definition) is 2. The van der Waals surface area contributed by atoms with Crippen molar-refractivity contribution in [3.63, 3.8) is 0 Å². The lowest BCUT2D eigenvalue weighted by molar-refractivity contribution is 0.878. The number of nitrogen functional groups attached to an aromatic ring is 1. The van der Waals surface area contributed by atoms with Crippen molar-refractivity contribution in [2.75, 3.05) is 24.2 Å². The van der Waals surface area contributed by atoms with Crippen LogP contribution in [-0.4, -0.2) is 18.6 Å². The molecule has 3 heteroatoms.